The predicted molar refractivity (Wildman–Crippen MR) is 159 cm³/mol. The Bertz CT molecular complexity index is 1210. The van der Waals surface area contributed by atoms with E-state index < -0.39 is 34.1 Å². The molecule has 0 bridgehead atoms. The quantitative estimate of drug-likeness (QED) is 0.397. The van der Waals surface area contributed by atoms with Crippen LogP contribution in [0.4, 0.5) is 0 Å². The molecule has 4 rings (SSSR count). The standard InChI is InChI=1S/C11H21Si2.3C7H6O2.Ti/c1-12(2,3)10-7-8-11(9-10)13(4,5)6;3*8-7(9)6-4-2-1-3-5-6;/h7-9H,1-6H3;3*1-5H,(H,8,9);/q;;;;+3/p-3. The van der Waals surface area contributed by atoms with Crippen molar-refractivity contribution in [2.45, 2.75) is 42.6 Å². The van der Waals surface area contributed by atoms with Gasteiger partial charge < -0.3 is 29.7 Å². The molecule has 0 aliphatic heterocycles. The van der Waals surface area contributed by atoms with E-state index in [1.165, 1.54) is 36.4 Å². The van der Waals surface area contributed by atoms with E-state index in [1.54, 1.807) is 59.8 Å². The molecule has 41 heavy (non-hydrogen) atoms. The molecule has 0 amide bonds. The van der Waals surface area contributed by atoms with Gasteiger partial charge in [0.15, 0.2) is 0 Å². The molecule has 1 atom stereocenters. The Morgan fingerprint density at radius 1 is 0.585 bits per heavy atom. The van der Waals surface area contributed by atoms with Crippen LogP contribution in [0.15, 0.2) is 114 Å². The van der Waals surface area contributed by atoms with Gasteiger partial charge in [-0.2, -0.15) is 0 Å². The fraction of sp³-hybridized carbons (Fsp3) is 0.219. The fourth-order valence-corrected chi connectivity index (χ4v) is 6.38. The first-order valence-corrected chi connectivity index (χ1v) is 20.7. The van der Waals surface area contributed by atoms with Crippen molar-refractivity contribution >= 4 is 34.1 Å². The van der Waals surface area contributed by atoms with E-state index in [2.05, 4.69) is 77.9 Å². The van der Waals surface area contributed by atoms with Gasteiger partial charge in [0.05, 0.1) is 17.9 Å². The summed E-state index contributed by atoms with van der Waals surface area (Å²) in [6.07, 6.45) is 7.41. The third kappa shape index (κ3) is 12.8. The minimum atomic E-state index is -1.13. The topological polar surface area (TPSA) is 120 Å². The number of carbonyl (C=O) groups excluding carboxylic acids is 3. The number of benzene rings is 3. The molecule has 0 saturated heterocycles. The van der Waals surface area contributed by atoms with Crippen LogP contribution in [0.1, 0.15) is 31.1 Å². The summed E-state index contributed by atoms with van der Waals surface area (Å²) in [7, 11) is -2.21. The molecule has 0 heterocycles. The zero-order valence-corrected chi connectivity index (χ0v) is 27.9. The van der Waals surface area contributed by atoms with E-state index in [4.69, 9.17) is 0 Å². The normalized spacial score (nSPS) is 15.5. The molecule has 3 aromatic rings. The molecule has 0 radical (unpaired) electrons. The summed E-state index contributed by atoms with van der Waals surface area (Å²) in [4.78, 5) is 30.3. The smallest absolute Gasteiger partial charge is 0.0715 e. The summed E-state index contributed by atoms with van der Waals surface area (Å²) in [5.41, 5.74) is 0.660. The number of carboxylic acid groups (broad SMARTS) is 3. The van der Waals surface area contributed by atoms with Gasteiger partial charge in [-0.25, -0.2) is 0 Å². The zero-order chi connectivity index (χ0) is 31.3. The van der Waals surface area contributed by atoms with E-state index >= 15 is 0 Å². The van der Waals surface area contributed by atoms with E-state index in [-0.39, 0.29) is 16.7 Å². The van der Waals surface area contributed by atoms with Gasteiger partial charge in [-0.3, -0.25) is 0 Å². The molecule has 0 spiro atoms. The summed E-state index contributed by atoms with van der Waals surface area (Å²) >= 11 is 2.41. The number of aromatic carboxylic acids is 3. The first kappa shape index (κ1) is 35.7. The Balaban J connectivity index is 0.000000279. The number of carbonyl (C=O) groups is 3. The van der Waals surface area contributed by atoms with Crippen LogP contribution in [0.3, 0.4) is 0 Å². The van der Waals surface area contributed by atoms with Crippen LogP contribution in [-0.4, -0.2) is 34.1 Å². The summed E-state index contributed by atoms with van der Waals surface area (Å²) in [5, 5.41) is 31.9. The average molecular weight is 621 g/mol. The van der Waals surface area contributed by atoms with Crippen molar-refractivity contribution in [1.29, 1.82) is 0 Å². The molecule has 0 N–H and O–H groups in total. The third-order valence-electron chi connectivity index (χ3n) is 6.04. The Labute approximate surface area is 256 Å². The van der Waals surface area contributed by atoms with Gasteiger partial charge in [0.2, 0.25) is 0 Å². The first-order valence-electron chi connectivity index (χ1n) is 12.9. The van der Waals surface area contributed by atoms with Gasteiger partial charge >= 0.3 is 103 Å². The van der Waals surface area contributed by atoms with Crippen LogP contribution in [0.2, 0.25) is 42.6 Å². The summed E-state index contributed by atoms with van der Waals surface area (Å²) in [6.45, 7) is 14.7. The van der Waals surface area contributed by atoms with Gasteiger partial charge in [-0.05, 0) is 16.7 Å². The van der Waals surface area contributed by atoms with Gasteiger partial charge in [-0.1, -0.05) is 91.0 Å². The monoisotopic (exact) mass is 620 g/mol. The van der Waals surface area contributed by atoms with Gasteiger partial charge in [-0.15, -0.1) is 0 Å². The van der Waals surface area contributed by atoms with Crippen molar-refractivity contribution < 1.29 is 50.1 Å². The molecule has 1 aliphatic carbocycles. The van der Waals surface area contributed by atoms with Crippen LogP contribution >= 0.6 is 0 Å². The Morgan fingerprint density at radius 3 is 1.02 bits per heavy atom. The Morgan fingerprint density at radius 2 is 0.878 bits per heavy atom. The van der Waals surface area contributed by atoms with Crippen LogP contribution in [0, 0.1) is 0 Å². The molecule has 1 aliphatic rings. The fourth-order valence-electron chi connectivity index (χ4n) is 3.22. The first-order chi connectivity index (χ1) is 19.0. The van der Waals surface area contributed by atoms with Gasteiger partial charge in [0.25, 0.3) is 0 Å². The molecule has 0 saturated carbocycles. The molecule has 212 valence electrons. The minimum absolute atomic E-state index is 0.220. The molecule has 0 fully saturated rings. The summed E-state index contributed by atoms with van der Waals surface area (Å²) < 4.78 is 0.391. The second kappa shape index (κ2) is 16.2. The molecule has 9 heteroatoms. The number of rotatable bonds is 5. The van der Waals surface area contributed by atoms with Gasteiger partial charge in [0.1, 0.15) is 0 Å². The molecule has 1 unspecified atom stereocenters. The second-order valence-corrected chi connectivity index (χ2v) is 23.7. The van der Waals surface area contributed by atoms with E-state index in [1.807, 2.05) is 0 Å². The zero-order valence-electron chi connectivity index (χ0n) is 24.3. The minimum Gasteiger partial charge on any atom is -0.545 e. The van der Waals surface area contributed by atoms with Crippen molar-refractivity contribution in [3.63, 3.8) is 0 Å². The number of allylic oxidation sites excluding steroid dienone is 4. The van der Waals surface area contributed by atoms with Crippen LogP contribution in [0.25, 0.3) is 0 Å². The number of hydrogen-bond donors (Lipinski definition) is 0. The van der Waals surface area contributed by atoms with E-state index in [9.17, 15) is 29.7 Å². The SMILES string of the molecule is C[Si](C)(C)C1=C[C]([Ti+3])([Si](C)(C)C)C=C1.O=C([O-])c1ccccc1.O=C([O-])c1ccccc1.O=C([O-])c1ccccc1. The number of carboxylic acids is 3. The molecular formula is C32H36O6Si2Ti. The maximum atomic E-state index is 10.1. The molecule has 3 aromatic carbocycles. The average Bonchev–Trinajstić information content (AvgIpc) is 3.36. The second-order valence-electron chi connectivity index (χ2n) is 11.3. The van der Waals surface area contributed by atoms with Crippen molar-refractivity contribution in [3.8, 4) is 0 Å². The van der Waals surface area contributed by atoms with Crippen molar-refractivity contribution in [2.75, 3.05) is 0 Å². The van der Waals surface area contributed by atoms with Crippen LogP contribution in [-0.2, 0) is 20.4 Å². The van der Waals surface area contributed by atoms with E-state index in [0.717, 1.165) is 0 Å². The van der Waals surface area contributed by atoms with Gasteiger partial charge in [0, 0.05) is 0 Å². The van der Waals surface area contributed by atoms with Crippen LogP contribution in [0.5, 0.6) is 0 Å². The van der Waals surface area contributed by atoms with Crippen molar-refractivity contribution in [1.82, 2.24) is 0 Å². The van der Waals surface area contributed by atoms with Crippen molar-refractivity contribution in [3.05, 3.63) is 131 Å². The predicted octanol–water partition coefficient (Wildman–Crippen LogP) is 4.09. The maximum Gasteiger partial charge on any atom is 0.0715 e. The van der Waals surface area contributed by atoms with Crippen molar-refractivity contribution in [2.24, 2.45) is 0 Å². The van der Waals surface area contributed by atoms with Crippen LogP contribution < -0.4 is 15.3 Å². The third-order valence-corrected chi connectivity index (χ3v) is 14.9. The Hall–Kier alpha value is -3.30. The summed E-state index contributed by atoms with van der Waals surface area (Å²) in [6, 6.07) is 24.2. The maximum absolute atomic E-state index is 10.1. The molecule has 0 aromatic heterocycles. The Kier molecular flexibility index (Phi) is 14.1. The van der Waals surface area contributed by atoms with E-state index in [0.29, 0.717) is 3.34 Å². The molecular weight excluding hydrogens is 584 g/mol. The largest absolute Gasteiger partial charge is 0.545 e. The number of hydrogen-bond acceptors (Lipinski definition) is 6. The summed E-state index contributed by atoms with van der Waals surface area (Å²) in [5.74, 6) is -3.39. The molecule has 6 nitrogen and oxygen atoms in total.